The van der Waals surface area contributed by atoms with Crippen LogP contribution in [-0.4, -0.2) is 44.8 Å². The van der Waals surface area contributed by atoms with Gasteiger partial charge in [-0.25, -0.2) is 4.98 Å². The molecule has 2 heterocycles. The molecule has 2 aliphatic carbocycles. The summed E-state index contributed by atoms with van der Waals surface area (Å²) in [5, 5.41) is 21.8. The van der Waals surface area contributed by atoms with Crippen molar-refractivity contribution in [1.82, 2.24) is 19.7 Å². The van der Waals surface area contributed by atoms with Gasteiger partial charge in [-0.1, -0.05) is 19.8 Å². The minimum Gasteiger partial charge on any atom is -0.504 e. The monoisotopic (exact) mass is 492 g/mol. The second-order valence-electron chi connectivity index (χ2n) is 10.5. The Morgan fingerprint density at radius 3 is 2.53 bits per heavy atom. The normalized spacial score (nSPS) is 17.2. The van der Waals surface area contributed by atoms with E-state index in [-0.39, 0.29) is 40.0 Å². The molecule has 1 saturated carbocycles. The molecule has 0 radical (unpaired) electrons. The van der Waals surface area contributed by atoms with Gasteiger partial charge >= 0.3 is 0 Å². The number of nitrogens with one attached hydrogen (secondary N) is 2. The fourth-order valence-electron chi connectivity index (χ4n) is 5.80. The summed E-state index contributed by atoms with van der Waals surface area (Å²) < 4.78 is 1.93. The Morgan fingerprint density at radius 2 is 1.83 bits per heavy atom. The van der Waals surface area contributed by atoms with Crippen LogP contribution >= 0.6 is 0 Å². The maximum Gasteiger partial charge on any atom is 0.275 e. The molecule has 0 bridgehead atoms. The van der Waals surface area contributed by atoms with Gasteiger partial charge in [0.1, 0.15) is 11.4 Å². The second kappa shape index (κ2) is 8.76. The molecule has 2 aliphatic rings. The average Bonchev–Trinajstić information content (AvgIpc) is 3.56. The third-order valence-electron chi connectivity index (χ3n) is 7.83. The van der Waals surface area contributed by atoms with Gasteiger partial charge in [0, 0.05) is 27.3 Å². The van der Waals surface area contributed by atoms with Crippen LogP contribution in [0.4, 0.5) is 17.1 Å². The van der Waals surface area contributed by atoms with E-state index in [1.807, 2.05) is 11.7 Å². The van der Waals surface area contributed by atoms with Crippen LogP contribution in [0.15, 0.2) is 21.9 Å². The summed E-state index contributed by atoms with van der Waals surface area (Å²) in [6.45, 7) is 2.23. The summed E-state index contributed by atoms with van der Waals surface area (Å²) in [6, 6.07) is 1.27. The Hall–Kier alpha value is -3.69. The molecule has 5 rings (SSSR count). The topological polar surface area (TPSA) is 129 Å². The molecule has 0 aliphatic heterocycles. The number of rotatable bonds is 7. The lowest BCUT2D eigenvalue weighted by atomic mass is 9.77. The molecular formula is C26H32N6O4. The van der Waals surface area contributed by atoms with Crippen LogP contribution in [0.25, 0.3) is 0 Å². The molecule has 1 atom stereocenters. The molecule has 1 amide bonds. The van der Waals surface area contributed by atoms with Gasteiger partial charge in [0.05, 0.1) is 23.1 Å². The predicted molar refractivity (Wildman–Crippen MR) is 137 cm³/mol. The molecule has 3 N–H and O–H groups in total. The maximum atomic E-state index is 12.8. The Bertz CT molecular complexity index is 1410. The summed E-state index contributed by atoms with van der Waals surface area (Å²) >= 11 is 0. The number of amides is 1. The average molecular weight is 493 g/mol. The number of aryl methyl sites for hydroxylation is 2. The zero-order valence-corrected chi connectivity index (χ0v) is 21.1. The third-order valence-corrected chi connectivity index (χ3v) is 7.83. The highest BCUT2D eigenvalue weighted by molar-refractivity contribution is 5.97. The first kappa shape index (κ1) is 24.0. The van der Waals surface area contributed by atoms with E-state index in [0.717, 1.165) is 56.3 Å². The van der Waals surface area contributed by atoms with Crippen molar-refractivity contribution in [2.24, 2.45) is 12.5 Å². The van der Waals surface area contributed by atoms with Crippen molar-refractivity contribution in [3.8, 4) is 5.75 Å². The number of fused-ring (bicyclic) bond motifs is 1. The molecule has 0 spiro atoms. The highest BCUT2D eigenvalue weighted by Crippen LogP contribution is 2.50. The van der Waals surface area contributed by atoms with Crippen LogP contribution in [0.2, 0.25) is 0 Å². The Morgan fingerprint density at radius 1 is 1.14 bits per heavy atom. The van der Waals surface area contributed by atoms with Crippen LogP contribution in [0.5, 0.6) is 5.75 Å². The second-order valence-corrected chi connectivity index (χ2v) is 10.5. The van der Waals surface area contributed by atoms with Gasteiger partial charge in [0.25, 0.3) is 16.8 Å². The molecule has 190 valence electrons. The predicted octanol–water partition coefficient (Wildman–Crippen LogP) is 2.78. The van der Waals surface area contributed by atoms with Crippen LogP contribution in [-0.2, 0) is 19.9 Å². The van der Waals surface area contributed by atoms with Gasteiger partial charge in [-0.2, -0.15) is 5.10 Å². The summed E-state index contributed by atoms with van der Waals surface area (Å²) in [5.74, 6) is -0.849. The van der Waals surface area contributed by atoms with Gasteiger partial charge in [-0.05, 0) is 49.1 Å². The first-order valence-corrected chi connectivity index (χ1v) is 12.4. The number of hydrogen-bond donors (Lipinski definition) is 3. The molecule has 2 aromatic heterocycles. The number of hydrogen-bond acceptors (Lipinski definition) is 8. The van der Waals surface area contributed by atoms with Crippen molar-refractivity contribution in [3.05, 3.63) is 55.4 Å². The van der Waals surface area contributed by atoms with Crippen LogP contribution < -0.4 is 21.5 Å². The molecule has 1 aromatic carbocycles. The quantitative estimate of drug-likeness (QED) is 0.430. The van der Waals surface area contributed by atoms with Crippen molar-refractivity contribution < 1.29 is 9.90 Å². The number of pyridine rings is 1. The summed E-state index contributed by atoms with van der Waals surface area (Å²) in [7, 11) is 5.06. The number of carbonyl (C=O) groups is 1. The molecule has 36 heavy (non-hydrogen) atoms. The fraction of sp³-hybridized carbons (Fsp3) is 0.500. The molecule has 10 nitrogen and oxygen atoms in total. The largest absolute Gasteiger partial charge is 0.504 e. The van der Waals surface area contributed by atoms with Crippen molar-refractivity contribution in [2.45, 2.75) is 57.9 Å². The third kappa shape index (κ3) is 3.75. The highest BCUT2D eigenvalue weighted by Gasteiger charge is 2.43. The van der Waals surface area contributed by atoms with E-state index in [1.165, 1.54) is 22.7 Å². The minimum absolute atomic E-state index is 0.0789. The molecule has 0 saturated heterocycles. The fourth-order valence-corrected chi connectivity index (χ4v) is 5.80. The number of aromatic hydroxyl groups is 1. The number of anilines is 3. The van der Waals surface area contributed by atoms with Gasteiger partial charge in [0.15, 0.2) is 11.4 Å². The number of aromatic nitrogens is 3. The summed E-state index contributed by atoms with van der Waals surface area (Å²) in [4.78, 5) is 43.1. The van der Waals surface area contributed by atoms with Gasteiger partial charge in [-0.15, -0.1) is 0 Å². The van der Waals surface area contributed by atoms with Gasteiger partial charge in [-0.3, -0.25) is 19.1 Å². The zero-order chi connectivity index (χ0) is 25.8. The minimum atomic E-state index is -0.667. The van der Waals surface area contributed by atoms with E-state index in [4.69, 9.17) is 5.10 Å². The Kier molecular flexibility index (Phi) is 5.84. The number of nitrogens with zero attached hydrogens (tertiary/aromatic N) is 4. The SMILES string of the molecule is CN(C)C(=O)c1nccc(Nc2c(N[C@@H](c3c4c(nn3C)CCC4)C3(C)CCCC3)c(=O)c2=O)c1O. The van der Waals surface area contributed by atoms with E-state index in [1.54, 1.807) is 14.1 Å². The lowest BCUT2D eigenvalue weighted by molar-refractivity contribution is 0.0819. The van der Waals surface area contributed by atoms with Crippen molar-refractivity contribution >= 4 is 23.0 Å². The molecule has 0 unspecified atom stereocenters. The first-order valence-electron chi connectivity index (χ1n) is 12.4. The zero-order valence-electron chi connectivity index (χ0n) is 21.1. The van der Waals surface area contributed by atoms with Crippen molar-refractivity contribution in [3.63, 3.8) is 0 Å². The lowest BCUT2D eigenvalue weighted by Crippen LogP contribution is -2.40. The van der Waals surface area contributed by atoms with Crippen LogP contribution in [0.1, 0.15) is 72.5 Å². The van der Waals surface area contributed by atoms with E-state index < -0.39 is 16.8 Å². The molecule has 3 aromatic rings. The smallest absolute Gasteiger partial charge is 0.275 e. The Labute approximate surface area is 209 Å². The number of carbonyl (C=O) groups excluding carboxylic acids is 1. The van der Waals surface area contributed by atoms with Crippen molar-refractivity contribution in [1.29, 1.82) is 0 Å². The van der Waals surface area contributed by atoms with E-state index in [2.05, 4.69) is 22.5 Å². The highest BCUT2D eigenvalue weighted by atomic mass is 16.3. The van der Waals surface area contributed by atoms with E-state index in [0.29, 0.717) is 0 Å². The molecule has 1 fully saturated rings. The standard InChI is InChI=1S/C26H32N6O4/c1-26(11-5-6-12-26)24(20-14-8-7-9-15(14)30-32(20)4)29-18-17(22(34)23(18)35)28-16-10-13-27-19(21(16)33)25(36)31(2)3/h10,13,24,29,33H,5-9,11-12H2,1-4H3,(H,27,28)/t24-/m0/s1. The lowest BCUT2D eigenvalue weighted by Gasteiger charge is -2.37. The van der Waals surface area contributed by atoms with Gasteiger partial charge in [0.2, 0.25) is 0 Å². The summed E-state index contributed by atoms with van der Waals surface area (Å²) in [6.07, 6.45) is 8.58. The van der Waals surface area contributed by atoms with Gasteiger partial charge < -0.3 is 20.6 Å². The van der Waals surface area contributed by atoms with E-state index >= 15 is 0 Å². The van der Waals surface area contributed by atoms with Crippen LogP contribution in [0, 0.1) is 5.41 Å². The van der Waals surface area contributed by atoms with E-state index in [9.17, 15) is 19.5 Å². The maximum absolute atomic E-state index is 12.8. The summed E-state index contributed by atoms with van der Waals surface area (Å²) in [5.41, 5.74) is 2.34. The van der Waals surface area contributed by atoms with Crippen LogP contribution in [0.3, 0.4) is 0 Å². The Balaban J connectivity index is 1.52. The first-order chi connectivity index (χ1) is 17.1. The van der Waals surface area contributed by atoms with Crippen molar-refractivity contribution in [2.75, 3.05) is 24.7 Å². The molecule has 10 heteroatoms. The molecular weight excluding hydrogens is 460 g/mol.